The Hall–Kier alpha value is -1.80. The Morgan fingerprint density at radius 2 is 2.15 bits per heavy atom. The van der Waals surface area contributed by atoms with Gasteiger partial charge >= 0.3 is 0 Å². The molecule has 13 heteroatoms. The number of nitrogens with one attached hydrogen (secondary N) is 2. The van der Waals surface area contributed by atoms with Gasteiger partial charge in [-0.25, -0.2) is 13.1 Å². The van der Waals surface area contributed by atoms with Crippen molar-refractivity contribution in [1.82, 2.24) is 14.9 Å². The van der Waals surface area contributed by atoms with Crippen LogP contribution >= 0.6 is 23.1 Å². The van der Waals surface area contributed by atoms with Gasteiger partial charge < -0.3 is 10.1 Å². The van der Waals surface area contributed by atoms with Crippen LogP contribution in [0.5, 0.6) is 0 Å². The molecular formula is C14H19N5O5S3. The Labute approximate surface area is 164 Å². The number of nitro groups is 1. The molecule has 0 fully saturated rings. The smallest absolute Gasteiger partial charge is 0.284 e. The maximum absolute atomic E-state index is 11.8. The van der Waals surface area contributed by atoms with E-state index >= 15 is 0 Å². The molecule has 1 heterocycles. The van der Waals surface area contributed by atoms with Crippen LogP contribution in [0, 0.1) is 10.1 Å². The Morgan fingerprint density at radius 3 is 2.81 bits per heavy atom. The summed E-state index contributed by atoms with van der Waals surface area (Å²) in [6, 6.07) is 3.74. The molecule has 0 saturated heterocycles. The van der Waals surface area contributed by atoms with Gasteiger partial charge in [0.25, 0.3) is 5.69 Å². The predicted octanol–water partition coefficient (Wildman–Crippen LogP) is 2.34. The minimum Gasteiger partial charge on any atom is -0.382 e. The second-order valence-corrected chi connectivity index (χ2v) is 9.20. The average molecular weight is 434 g/mol. The zero-order chi connectivity index (χ0) is 19.9. The third-order valence-electron chi connectivity index (χ3n) is 3.26. The van der Waals surface area contributed by atoms with Crippen molar-refractivity contribution < 1.29 is 18.1 Å². The molecular weight excluding hydrogens is 414 g/mol. The van der Waals surface area contributed by atoms with Crippen molar-refractivity contribution >= 4 is 43.9 Å². The summed E-state index contributed by atoms with van der Waals surface area (Å²) < 4.78 is 31.6. The van der Waals surface area contributed by atoms with Gasteiger partial charge in [0.2, 0.25) is 15.2 Å². The van der Waals surface area contributed by atoms with Crippen molar-refractivity contribution in [3.63, 3.8) is 0 Å². The number of hydrogen-bond donors (Lipinski definition) is 2. The van der Waals surface area contributed by atoms with E-state index in [1.165, 1.54) is 30.5 Å². The molecule has 0 spiro atoms. The lowest BCUT2D eigenvalue weighted by molar-refractivity contribution is -0.388. The van der Waals surface area contributed by atoms with Crippen LogP contribution in [0.4, 0.5) is 10.8 Å². The van der Waals surface area contributed by atoms with Crippen molar-refractivity contribution in [1.29, 1.82) is 0 Å². The summed E-state index contributed by atoms with van der Waals surface area (Å²) in [5.74, 6) is 0. The second kappa shape index (κ2) is 9.94. The molecule has 1 aromatic heterocycles. The van der Waals surface area contributed by atoms with Crippen LogP contribution in [0.25, 0.3) is 0 Å². The highest BCUT2D eigenvalue weighted by atomic mass is 32.2. The highest BCUT2D eigenvalue weighted by molar-refractivity contribution is 8.01. The van der Waals surface area contributed by atoms with Gasteiger partial charge in [-0.05, 0) is 44.3 Å². The van der Waals surface area contributed by atoms with Crippen LogP contribution in [-0.2, 0) is 14.8 Å². The molecule has 1 aromatic carbocycles. The fraction of sp³-hybridized carbons (Fsp3) is 0.429. The van der Waals surface area contributed by atoms with E-state index in [1.807, 2.05) is 6.92 Å². The highest BCUT2D eigenvalue weighted by Crippen LogP contribution is 2.38. The first-order valence-electron chi connectivity index (χ1n) is 7.92. The largest absolute Gasteiger partial charge is 0.382 e. The summed E-state index contributed by atoms with van der Waals surface area (Å²) in [7, 11) is -2.52. The quantitative estimate of drug-likeness (QED) is 0.311. The van der Waals surface area contributed by atoms with E-state index < -0.39 is 14.9 Å². The highest BCUT2D eigenvalue weighted by Gasteiger charge is 2.22. The molecule has 0 saturated carbocycles. The van der Waals surface area contributed by atoms with Gasteiger partial charge in [-0.3, -0.25) is 10.1 Å². The summed E-state index contributed by atoms with van der Waals surface area (Å²) in [5, 5.41) is 23.0. The lowest BCUT2D eigenvalue weighted by Gasteiger charge is -2.05. The first-order valence-corrected chi connectivity index (χ1v) is 11.0. The van der Waals surface area contributed by atoms with Crippen LogP contribution in [0.15, 0.2) is 32.3 Å². The molecule has 0 bridgehead atoms. The number of rotatable bonds is 11. The van der Waals surface area contributed by atoms with E-state index in [-0.39, 0.29) is 15.5 Å². The maximum atomic E-state index is 11.8. The predicted molar refractivity (Wildman–Crippen MR) is 103 cm³/mol. The summed E-state index contributed by atoms with van der Waals surface area (Å²) in [5.41, 5.74) is -0.308. The molecule has 2 N–H and O–H groups in total. The van der Waals surface area contributed by atoms with E-state index in [0.29, 0.717) is 29.2 Å². The van der Waals surface area contributed by atoms with Gasteiger partial charge in [-0.2, -0.15) is 0 Å². The normalized spacial score (nSPS) is 11.5. The van der Waals surface area contributed by atoms with Crippen LogP contribution in [0.1, 0.15) is 13.3 Å². The van der Waals surface area contributed by atoms with Crippen LogP contribution in [0.2, 0.25) is 0 Å². The minimum atomic E-state index is -3.77. The summed E-state index contributed by atoms with van der Waals surface area (Å²) in [4.78, 5) is 10.8. The first-order chi connectivity index (χ1) is 12.9. The van der Waals surface area contributed by atoms with Crippen LogP contribution in [0.3, 0.4) is 0 Å². The van der Waals surface area contributed by atoms with Crippen molar-refractivity contribution in [2.75, 3.05) is 32.1 Å². The zero-order valence-corrected chi connectivity index (χ0v) is 17.1. The van der Waals surface area contributed by atoms with Crippen molar-refractivity contribution in [2.24, 2.45) is 0 Å². The molecule has 148 valence electrons. The number of hydrogen-bond acceptors (Lipinski definition) is 10. The number of benzene rings is 1. The molecule has 0 aliphatic rings. The molecule has 0 radical (unpaired) electrons. The molecule has 0 unspecified atom stereocenters. The minimum absolute atomic E-state index is 0.171. The molecule has 0 aliphatic heterocycles. The average Bonchev–Trinajstić information content (AvgIpc) is 3.08. The Balaban J connectivity index is 2.10. The third kappa shape index (κ3) is 6.10. The number of nitro benzene ring substituents is 1. The molecule has 10 nitrogen and oxygen atoms in total. The molecule has 0 aliphatic carbocycles. The van der Waals surface area contributed by atoms with E-state index in [2.05, 4.69) is 20.2 Å². The Kier molecular flexibility index (Phi) is 7.91. The lowest BCUT2D eigenvalue weighted by atomic mass is 10.3. The molecule has 0 amide bonds. The molecule has 0 atom stereocenters. The Morgan fingerprint density at radius 1 is 1.37 bits per heavy atom. The number of nitrogens with zero attached hydrogens (tertiary/aromatic N) is 3. The lowest BCUT2D eigenvalue weighted by Crippen LogP contribution is -2.18. The monoisotopic (exact) mass is 433 g/mol. The first kappa shape index (κ1) is 21.5. The third-order valence-corrected chi connectivity index (χ3v) is 6.66. The summed E-state index contributed by atoms with van der Waals surface area (Å²) in [6.07, 6.45) is 0.822. The summed E-state index contributed by atoms with van der Waals surface area (Å²) >= 11 is 2.32. The maximum Gasteiger partial charge on any atom is 0.284 e. The van der Waals surface area contributed by atoms with Crippen LogP contribution < -0.4 is 10.0 Å². The van der Waals surface area contributed by atoms with E-state index in [4.69, 9.17) is 4.74 Å². The SMILES string of the molecule is CCOCCCNc1nnc(Sc2ccc(S(=O)(=O)NC)cc2[N+](=O)[O-])s1. The van der Waals surface area contributed by atoms with Gasteiger partial charge in [0, 0.05) is 25.8 Å². The van der Waals surface area contributed by atoms with Gasteiger partial charge in [0.05, 0.1) is 14.7 Å². The van der Waals surface area contributed by atoms with Crippen molar-refractivity contribution in [2.45, 2.75) is 27.5 Å². The fourth-order valence-electron chi connectivity index (χ4n) is 1.94. The second-order valence-electron chi connectivity index (χ2n) is 5.05. The van der Waals surface area contributed by atoms with Gasteiger partial charge in [0.15, 0.2) is 4.34 Å². The molecule has 2 aromatic rings. The van der Waals surface area contributed by atoms with Crippen molar-refractivity contribution in [3.05, 3.63) is 28.3 Å². The fourth-order valence-corrected chi connectivity index (χ4v) is 4.51. The van der Waals surface area contributed by atoms with Crippen molar-refractivity contribution in [3.8, 4) is 0 Å². The molecule has 2 rings (SSSR count). The van der Waals surface area contributed by atoms with Gasteiger partial charge in [-0.1, -0.05) is 11.3 Å². The number of aromatic nitrogens is 2. The van der Waals surface area contributed by atoms with E-state index in [9.17, 15) is 18.5 Å². The van der Waals surface area contributed by atoms with E-state index in [1.54, 1.807) is 0 Å². The number of sulfonamides is 1. The topological polar surface area (TPSA) is 136 Å². The number of anilines is 1. The zero-order valence-electron chi connectivity index (χ0n) is 14.7. The summed E-state index contributed by atoms with van der Waals surface area (Å²) in [6.45, 7) is 3.93. The standard InChI is InChI=1S/C14H19N5O5S3/c1-3-24-8-4-7-16-13-17-18-14(26-13)25-12-6-5-10(27(22,23)15-2)9-11(12)19(20)21/h5-6,9,15H,3-4,7-8H2,1-2H3,(H,16,17). The van der Waals surface area contributed by atoms with Gasteiger partial charge in [-0.15, -0.1) is 10.2 Å². The molecule has 27 heavy (non-hydrogen) atoms. The van der Waals surface area contributed by atoms with Gasteiger partial charge in [0.1, 0.15) is 0 Å². The van der Waals surface area contributed by atoms with E-state index in [0.717, 1.165) is 24.2 Å². The Bertz CT molecular complexity index is 887. The van der Waals surface area contributed by atoms with Crippen LogP contribution in [-0.4, -0.2) is 50.3 Å². The number of ether oxygens (including phenoxy) is 1.